The predicted octanol–water partition coefficient (Wildman–Crippen LogP) is 3.80. The summed E-state index contributed by atoms with van der Waals surface area (Å²) in [6.45, 7) is 4.29. The van der Waals surface area contributed by atoms with E-state index in [-0.39, 0.29) is 0 Å². The maximum atomic E-state index is 11.2. The highest BCUT2D eigenvalue weighted by molar-refractivity contribution is 5.84. The third-order valence-corrected chi connectivity index (χ3v) is 2.29. The van der Waals surface area contributed by atoms with Crippen molar-refractivity contribution < 1.29 is 9.53 Å². The molecule has 1 N–H and O–H groups in total. The number of carbonyl (C=O) groups excluding carboxylic acids is 1. The summed E-state index contributed by atoms with van der Waals surface area (Å²) in [5, 5.41) is 2.64. The highest BCUT2D eigenvalue weighted by Crippen LogP contribution is 2.09. The number of benzene rings is 1. The molecule has 0 saturated heterocycles. The van der Waals surface area contributed by atoms with Crippen molar-refractivity contribution in [2.24, 2.45) is 0 Å². The van der Waals surface area contributed by atoms with Crippen LogP contribution in [0.25, 0.3) is 0 Å². The Bertz CT molecular complexity index is 426. The number of unbranched alkanes of at least 4 members (excludes halogenated alkanes) is 2. The zero-order chi connectivity index (χ0) is 13.2. The van der Waals surface area contributed by atoms with Gasteiger partial charge in [-0.05, 0) is 37.6 Å². The van der Waals surface area contributed by atoms with E-state index in [1.807, 2.05) is 24.3 Å². The van der Waals surface area contributed by atoms with Gasteiger partial charge in [0, 0.05) is 17.7 Å². The smallest absolute Gasteiger partial charge is 0.411 e. The number of nitrogens with one attached hydrogen (secondary N) is 1. The Morgan fingerprint density at radius 2 is 2.00 bits per heavy atom. The lowest BCUT2D eigenvalue weighted by Crippen LogP contribution is -2.13. The van der Waals surface area contributed by atoms with Crippen molar-refractivity contribution in [2.45, 2.75) is 33.1 Å². The molecule has 96 valence electrons. The molecule has 0 radical (unpaired) electrons. The minimum Gasteiger partial charge on any atom is -0.450 e. The molecule has 0 aliphatic heterocycles. The van der Waals surface area contributed by atoms with Gasteiger partial charge in [-0.2, -0.15) is 0 Å². The van der Waals surface area contributed by atoms with Gasteiger partial charge in [0.1, 0.15) is 0 Å². The van der Waals surface area contributed by atoms with Crippen LogP contribution < -0.4 is 5.32 Å². The molecule has 3 nitrogen and oxygen atoms in total. The van der Waals surface area contributed by atoms with E-state index in [4.69, 9.17) is 4.74 Å². The first-order valence-electron chi connectivity index (χ1n) is 6.29. The summed E-state index contributed by atoms with van der Waals surface area (Å²) in [4.78, 5) is 11.2. The molecular formula is C15H19NO2. The zero-order valence-electron chi connectivity index (χ0n) is 11.0. The van der Waals surface area contributed by atoms with Crippen LogP contribution in [0.5, 0.6) is 0 Å². The molecule has 0 atom stereocenters. The van der Waals surface area contributed by atoms with Gasteiger partial charge in [0.15, 0.2) is 0 Å². The Labute approximate surface area is 109 Å². The third kappa shape index (κ3) is 5.40. The Kier molecular flexibility index (Phi) is 6.42. The summed E-state index contributed by atoms with van der Waals surface area (Å²) >= 11 is 0. The van der Waals surface area contributed by atoms with E-state index in [1.165, 1.54) is 0 Å². The second-order valence-electron chi connectivity index (χ2n) is 3.83. The normalized spacial score (nSPS) is 9.22. The molecule has 0 aliphatic carbocycles. The van der Waals surface area contributed by atoms with Gasteiger partial charge < -0.3 is 4.74 Å². The monoisotopic (exact) mass is 245 g/mol. The Hall–Kier alpha value is -1.95. The van der Waals surface area contributed by atoms with Crippen LogP contribution in [0.2, 0.25) is 0 Å². The van der Waals surface area contributed by atoms with Gasteiger partial charge >= 0.3 is 6.09 Å². The summed E-state index contributed by atoms with van der Waals surface area (Å²) in [6.07, 6.45) is 2.80. The standard InChI is InChI=1S/C15H19NO2/c1-3-5-6-7-8-13-9-11-14(12-10-13)16-15(17)18-4-2/h9-12H,3-6H2,1-2H3,(H,16,17). The van der Waals surface area contributed by atoms with E-state index in [0.717, 1.165) is 24.8 Å². The summed E-state index contributed by atoms with van der Waals surface area (Å²) < 4.78 is 4.79. The second kappa shape index (κ2) is 8.19. The number of carbonyl (C=O) groups is 1. The number of hydrogen-bond donors (Lipinski definition) is 1. The summed E-state index contributed by atoms with van der Waals surface area (Å²) in [5.74, 6) is 6.21. The number of amides is 1. The van der Waals surface area contributed by atoms with Crippen molar-refractivity contribution in [3.8, 4) is 11.8 Å². The maximum Gasteiger partial charge on any atom is 0.411 e. The van der Waals surface area contributed by atoms with Crippen molar-refractivity contribution in [2.75, 3.05) is 11.9 Å². The van der Waals surface area contributed by atoms with Gasteiger partial charge in [-0.3, -0.25) is 5.32 Å². The van der Waals surface area contributed by atoms with Crippen molar-refractivity contribution >= 4 is 11.8 Å². The molecule has 0 heterocycles. The SMILES string of the molecule is CCCCC#Cc1ccc(NC(=O)OCC)cc1. The third-order valence-electron chi connectivity index (χ3n) is 2.29. The van der Waals surface area contributed by atoms with Crippen molar-refractivity contribution in [1.29, 1.82) is 0 Å². The van der Waals surface area contributed by atoms with Crippen LogP contribution in [0, 0.1) is 11.8 Å². The van der Waals surface area contributed by atoms with Crippen LogP contribution >= 0.6 is 0 Å². The van der Waals surface area contributed by atoms with E-state index < -0.39 is 6.09 Å². The largest absolute Gasteiger partial charge is 0.450 e. The van der Waals surface area contributed by atoms with Gasteiger partial charge in [0.2, 0.25) is 0 Å². The molecular weight excluding hydrogens is 226 g/mol. The first-order chi connectivity index (χ1) is 8.76. The lowest BCUT2D eigenvalue weighted by Gasteiger charge is -2.04. The molecule has 0 aliphatic rings. The fraction of sp³-hybridized carbons (Fsp3) is 0.400. The Morgan fingerprint density at radius 3 is 2.61 bits per heavy atom. The Balaban J connectivity index is 2.51. The van der Waals surface area contributed by atoms with E-state index in [9.17, 15) is 4.79 Å². The molecule has 18 heavy (non-hydrogen) atoms. The minimum absolute atomic E-state index is 0.368. The molecule has 1 amide bonds. The molecule has 0 fully saturated rings. The topological polar surface area (TPSA) is 38.3 Å². The molecule has 0 aromatic heterocycles. The number of rotatable bonds is 4. The molecule has 0 unspecified atom stereocenters. The van der Waals surface area contributed by atoms with E-state index in [1.54, 1.807) is 6.92 Å². The van der Waals surface area contributed by atoms with E-state index in [0.29, 0.717) is 12.3 Å². The minimum atomic E-state index is -0.431. The number of anilines is 1. The van der Waals surface area contributed by atoms with Gasteiger partial charge in [0.05, 0.1) is 6.61 Å². The summed E-state index contributed by atoms with van der Waals surface area (Å²) in [5.41, 5.74) is 1.67. The molecule has 1 aromatic rings. The summed E-state index contributed by atoms with van der Waals surface area (Å²) in [7, 11) is 0. The Morgan fingerprint density at radius 1 is 1.28 bits per heavy atom. The fourth-order valence-electron chi connectivity index (χ4n) is 1.35. The average Bonchev–Trinajstić information content (AvgIpc) is 2.37. The van der Waals surface area contributed by atoms with Crippen LogP contribution in [-0.2, 0) is 4.74 Å². The first kappa shape index (κ1) is 14.1. The van der Waals surface area contributed by atoms with E-state index in [2.05, 4.69) is 24.1 Å². The highest BCUT2D eigenvalue weighted by Gasteiger charge is 2.00. The highest BCUT2D eigenvalue weighted by atomic mass is 16.5. The van der Waals surface area contributed by atoms with Gasteiger partial charge in [0.25, 0.3) is 0 Å². The summed E-state index contributed by atoms with van der Waals surface area (Å²) in [6, 6.07) is 7.42. The molecule has 1 rings (SSSR count). The van der Waals surface area contributed by atoms with Crippen molar-refractivity contribution in [3.05, 3.63) is 29.8 Å². The average molecular weight is 245 g/mol. The van der Waals surface area contributed by atoms with Crippen molar-refractivity contribution in [1.82, 2.24) is 0 Å². The predicted molar refractivity (Wildman–Crippen MR) is 73.5 cm³/mol. The molecule has 0 saturated carbocycles. The van der Waals surface area contributed by atoms with Crippen molar-refractivity contribution in [3.63, 3.8) is 0 Å². The van der Waals surface area contributed by atoms with Gasteiger partial charge in [-0.1, -0.05) is 25.2 Å². The molecule has 1 aromatic carbocycles. The quantitative estimate of drug-likeness (QED) is 0.647. The van der Waals surface area contributed by atoms with Gasteiger partial charge in [-0.25, -0.2) is 4.79 Å². The maximum absolute atomic E-state index is 11.2. The molecule has 3 heteroatoms. The van der Waals surface area contributed by atoms with Crippen LogP contribution in [0.4, 0.5) is 10.5 Å². The van der Waals surface area contributed by atoms with Gasteiger partial charge in [-0.15, -0.1) is 0 Å². The lowest BCUT2D eigenvalue weighted by atomic mass is 10.2. The first-order valence-corrected chi connectivity index (χ1v) is 6.29. The second-order valence-corrected chi connectivity index (χ2v) is 3.83. The molecule has 0 bridgehead atoms. The molecule has 0 spiro atoms. The lowest BCUT2D eigenvalue weighted by molar-refractivity contribution is 0.168. The number of hydrogen-bond acceptors (Lipinski definition) is 2. The number of ether oxygens (including phenoxy) is 1. The van der Waals surface area contributed by atoms with Crippen LogP contribution in [0.15, 0.2) is 24.3 Å². The zero-order valence-corrected chi connectivity index (χ0v) is 11.0. The van der Waals surface area contributed by atoms with Crippen LogP contribution in [0.3, 0.4) is 0 Å². The van der Waals surface area contributed by atoms with E-state index >= 15 is 0 Å². The van der Waals surface area contributed by atoms with Crippen LogP contribution in [0.1, 0.15) is 38.7 Å². The van der Waals surface area contributed by atoms with Crippen LogP contribution in [-0.4, -0.2) is 12.7 Å². The fourth-order valence-corrected chi connectivity index (χ4v) is 1.35.